The van der Waals surface area contributed by atoms with Crippen LogP contribution in [0, 0.1) is 0 Å². The van der Waals surface area contributed by atoms with Gasteiger partial charge in [0.15, 0.2) is 0 Å². The molecule has 7 heteroatoms. The molecular weight excluding hydrogens is 249 g/mol. The van der Waals surface area contributed by atoms with E-state index >= 15 is 0 Å². The molecule has 0 aliphatic heterocycles. The molecule has 2 N–H and O–H groups in total. The van der Waals surface area contributed by atoms with Gasteiger partial charge in [-0.15, -0.1) is 0 Å². The van der Waals surface area contributed by atoms with E-state index in [2.05, 4.69) is 5.32 Å². The number of hydrogen-bond donors (Lipinski definition) is 2. The number of rotatable bonds is 8. The molecule has 4 nitrogen and oxygen atoms in total. The van der Waals surface area contributed by atoms with Crippen molar-refractivity contribution < 1.29 is 23.1 Å². The summed E-state index contributed by atoms with van der Waals surface area (Å²) >= 11 is 0. The van der Waals surface area contributed by atoms with Crippen LogP contribution >= 0.6 is 0 Å². The van der Waals surface area contributed by atoms with Gasteiger partial charge in [-0.2, -0.15) is 13.2 Å². The van der Waals surface area contributed by atoms with Crippen molar-refractivity contribution in [2.75, 3.05) is 19.6 Å². The van der Waals surface area contributed by atoms with Crippen LogP contribution in [-0.2, 0) is 4.79 Å². The maximum absolute atomic E-state index is 12.3. The number of nitrogens with zero attached hydrogens (tertiary/aromatic N) is 1. The molecule has 0 aliphatic carbocycles. The molecule has 0 bridgehead atoms. The highest BCUT2D eigenvalue weighted by Gasteiger charge is 2.32. The number of alkyl halides is 3. The average molecular weight is 270 g/mol. The Morgan fingerprint density at radius 3 is 2.28 bits per heavy atom. The molecule has 0 amide bonds. The summed E-state index contributed by atoms with van der Waals surface area (Å²) < 4.78 is 37.0. The fourth-order valence-corrected chi connectivity index (χ4v) is 1.67. The monoisotopic (exact) mass is 270 g/mol. The predicted molar refractivity (Wildman–Crippen MR) is 62.5 cm³/mol. The third-order valence-corrected chi connectivity index (χ3v) is 2.22. The van der Waals surface area contributed by atoms with E-state index in [1.807, 2.05) is 0 Å². The van der Waals surface area contributed by atoms with Crippen LogP contribution < -0.4 is 5.32 Å². The number of halogens is 3. The highest BCUT2D eigenvalue weighted by atomic mass is 19.4. The normalized spacial score (nSPS) is 14.2. The summed E-state index contributed by atoms with van der Waals surface area (Å²) in [4.78, 5) is 12.1. The maximum Gasteiger partial charge on any atom is 0.401 e. The minimum absolute atomic E-state index is 0.0968. The van der Waals surface area contributed by atoms with Crippen molar-refractivity contribution in [2.24, 2.45) is 0 Å². The van der Waals surface area contributed by atoms with E-state index in [0.29, 0.717) is 6.42 Å². The fourth-order valence-electron chi connectivity index (χ4n) is 1.67. The van der Waals surface area contributed by atoms with Gasteiger partial charge in [-0.25, -0.2) is 0 Å². The number of carboxylic acids is 1. The summed E-state index contributed by atoms with van der Waals surface area (Å²) in [7, 11) is 0. The Bertz CT molecular complexity index is 257. The number of carbonyl (C=O) groups is 1. The molecule has 0 saturated heterocycles. The SMILES string of the molecule is CCCN(CC(NC(C)C)C(=O)O)CC(F)(F)F. The van der Waals surface area contributed by atoms with Crippen molar-refractivity contribution in [3.63, 3.8) is 0 Å². The molecule has 0 radical (unpaired) electrons. The van der Waals surface area contributed by atoms with Gasteiger partial charge in [0.2, 0.25) is 0 Å². The van der Waals surface area contributed by atoms with E-state index < -0.39 is 24.7 Å². The predicted octanol–water partition coefficient (Wildman–Crippen LogP) is 1.71. The largest absolute Gasteiger partial charge is 0.480 e. The Labute approximate surface area is 105 Å². The molecule has 0 aliphatic rings. The van der Waals surface area contributed by atoms with Crippen molar-refractivity contribution in [3.8, 4) is 0 Å². The van der Waals surface area contributed by atoms with Crippen LogP contribution in [0.3, 0.4) is 0 Å². The highest BCUT2D eigenvalue weighted by Crippen LogP contribution is 2.16. The molecule has 0 heterocycles. The van der Waals surface area contributed by atoms with Crippen LogP contribution in [0.2, 0.25) is 0 Å². The second-order valence-electron chi connectivity index (χ2n) is 4.56. The zero-order chi connectivity index (χ0) is 14.3. The molecule has 0 rings (SSSR count). The average Bonchev–Trinajstić information content (AvgIpc) is 2.13. The molecule has 1 atom stereocenters. The van der Waals surface area contributed by atoms with Crippen LogP contribution in [0.4, 0.5) is 13.2 Å². The quantitative estimate of drug-likeness (QED) is 0.705. The summed E-state index contributed by atoms with van der Waals surface area (Å²) in [6, 6.07) is -1.08. The molecule has 18 heavy (non-hydrogen) atoms. The Morgan fingerprint density at radius 1 is 1.39 bits per heavy atom. The Hall–Kier alpha value is -0.820. The summed E-state index contributed by atoms with van der Waals surface area (Å²) in [5.74, 6) is -1.13. The first-order valence-electron chi connectivity index (χ1n) is 5.93. The van der Waals surface area contributed by atoms with E-state index in [4.69, 9.17) is 5.11 Å². The van der Waals surface area contributed by atoms with E-state index in [1.165, 1.54) is 0 Å². The van der Waals surface area contributed by atoms with Crippen molar-refractivity contribution in [1.82, 2.24) is 10.2 Å². The van der Waals surface area contributed by atoms with Gasteiger partial charge in [0, 0.05) is 12.6 Å². The van der Waals surface area contributed by atoms with Crippen molar-refractivity contribution >= 4 is 5.97 Å². The molecule has 0 aromatic carbocycles. The first kappa shape index (κ1) is 17.2. The molecule has 0 aromatic rings. The minimum atomic E-state index is -4.31. The summed E-state index contributed by atoms with van der Waals surface area (Å²) in [6.07, 6.45) is -3.76. The lowest BCUT2D eigenvalue weighted by atomic mass is 10.2. The summed E-state index contributed by atoms with van der Waals surface area (Å²) in [6.45, 7) is 4.26. The molecule has 108 valence electrons. The second-order valence-corrected chi connectivity index (χ2v) is 4.56. The first-order valence-corrected chi connectivity index (χ1v) is 5.93. The van der Waals surface area contributed by atoms with Gasteiger partial charge in [0.05, 0.1) is 6.54 Å². The van der Waals surface area contributed by atoms with Crippen LogP contribution in [0.5, 0.6) is 0 Å². The highest BCUT2D eigenvalue weighted by molar-refractivity contribution is 5.73. The zero-order valence-electron chi connectivity index (χ0n) is 10.9. The van der Waals surface area contributed by atoms with E-state index in [1.54, 1.807) is 20.8 Å². The van der Waals surface area contributed by atoms with Gasteiger partial charge in [-0.05, 0) is 13.0 Å². The van der Waals surface area contributed by atoms with Crippen LogP contribution in [0.15, 0.2) is 0 Å². The molecule has 0 saturated carbocycles. The lowest BCUT2D eigenvalue weighted by molar-refractivity contribution is -0.151. The number of carboxylic acid groups (broad SMARTS) is 1. The molecule has 0 spiro atoms. The lowest BCUT2D eigenvalue weighted by Gasteiger charge is -2.27. The van der Waals surface area contributed by atoms with E-state index in [-0.39, 0.29) is 19.1 Å². The van der Waals surface area contributed by atoms with Crippen molar-refractivity contribution in [3.05, 3.63) is 0 Å². The van der Waals surface area contributed by atoms with Gasteiger partial charge in [0.25, 0.3) is 0 Å². The van der Waals surface area contributed by atoms with Gasteiger partial charge in [-0.1, -0.05) is 20.8 Å². The molecule has 0 aromatic heterocycles. The lowest BCUT2D eigenvalue weighted by Crippen LogP contribution is -2.50. The number of aliphatic carboxylic acids is 1. The van der Waals surface area contributed by atoms with Gasteiger partial charge < -0.3 is 10.4 Å². The molecule has 0 fully saturated rings. The minimum Gasteiger partial charge on any atom is -0.480 e. The summed E-state index contributed by atoms with van der Waals surface area (Å²) in [5.41, 5.74) is 0. The number of hydrogen-bond acceptors (Lipinski definition) is 3. The Kier molecular flexibility index (Phi) is 7.23. The smallest absolute Gasteiger partial charge is 0.401 e. The van der Waals surface area contributed by atoms with Crippen LogP contribution in [0.25, 0.3) is 0 Å². The third kappa shape index (κ3) is 8.30. The topological polar surface area (TPSA) is 52.6 Å². The van der Waals surface area contributed by atoms with E-state index in [9.17, 15) is 18.0 Å². The van der Waals surface area contributed by atoms with Gasteiger partial charge in [0.1, 0.15) is 6.04 Å². The second kappa shape index (κ2) is 7.58. The maximum atomic E-state index is 12.3. The van der Waals surface area contributed by atoms with Gasteiger partial charge in [-0.3, -0.25) is 9.69 Å². The Balaban J connectivity index is 4.55. The van der Waals surface area contributed by atoms with Crippen molar-refractivity contribution in [2.45, 2.75) is 45.5 Å². The number of nitrogens with one attached hydrogen (secondary N) is 1. The molecular formula is C11H21F3N2O2. The van der Waals surface area contributed by atoms with E-state index in [0.717, 1.165) is 4.90 Å². The first-order chi connectivity index (χ1) is 8.15. The third-order valence-electron chi connectivity index (χ3n) is 2.22. The van der Waals surface area contributed by atoms with Crippen LogP contribution in [0.1, 0.15) is 27.2 Å². The standard InChI is InChI=1S/C11H21F3N2O2/c1-4-5-16(7-11(12,13)14)6-9(10(17)18)15-8(2)3/h8-9,15H,4-7H2,1-3H3,(H,17,18). The Morgan fingerprint density at radius 2 is 1.94 bits per heavy atom. The van der Waals surface area contributed by atoms with Crippen molar-refractivity contribution in [1.29, 1.82) is 0 Å². The van der Waals surface area contributed by atoms with Gasteiger partial charge >= 0.3 is 12.1 Å². The zero-order valence-corrected chi connectivity index (χ0v) is 10.9. The van der Waals surface area contributed by atoms with Crippen LogP contribution in [-0.4, -0.2) is 53.9 Å². The summed E-state index contributed by atoms with van der Waals surface area (Å²) in [5, 5.41) is 11.7. The fraction of sp³-hybridized carbons (Fsp3) is 0.909. The molecule has 1 unspecified atom stereocenters.